The number of aromatic hydroxyl groups is 1. The van der Waals surface area contributed by atoms with E-state index in [0.717, 1.165) is 5.56 Å². The molecular formula is C15H12ClNO2. The molecular weight excluding hydrogens is 262 g/mol. The second-order valence-corrected chi connectivity index (χ2v) is 4.36. The van der Waals surface area contributed by atoms with Crippen LogP contribution in [0.25, 0.3) is 6.08 Å². The third kappa shape index (κ3) is 4.16. The molecule has 0 bridgehead atoms. The molecule has 0 radical (unpaired) electrons. The summed E-state index contributed by atoms with van der Waals surface area (Å²) in [6.07, 6.45) is 3.11. The topological polar surface area (TPSA) is 49.3 Å². The molecule has 2 N–H and O–H groups in total. The van der Waals surface area contributed by atoms with Crippen LogP contribution in [0, 0.1) is 0 Å². The predicted molar refractivity (Wildman–Crippen MR) is 77.2 cm³/mol. The fourth-order valence-electron chi connectivity index (χ4n) is 1.51. The normalized spacial score (nSPS) is 10.6. The van der Waals surface area contributed by atoms with E-state index in [1.165, 1.54) is 12.1 Å². The molecule has 4 heteroatoms. The van der Waals surface area contributed by atoms with Gasteiger partial charge in [0.25, 0.3) is 0 Å². The monoisotopic (exact) mass is 273 g/mol. The number of nitrogens with one attached hydrogen (secondary N) is 1. The summed E-state index contributed by atoms with van der Waals surface area (Å²) < 4.78 is 0. The highest BCUT2D eigenvalue weighted by atomic mass is 35.5. The Morgan fingerprint density at radius 3 is 2.58 bits per heavy atom. The van der Waals surface area contributed by atoms with Crippen molar-refractivity contribution >= 4 is 29.3 Å². The standard InChI is InChI=1S/C15H12ClNO2/c16-12-7-4-11(5-8-12)6-9-15(19)17-13-2-1-3-14(18)10-13/h1-10,18H,(H,17,19). The zero-order valence-corrected chi connectivity index (χ0v) is 10.8. The molecule has 0 aliphatic carbocycles. The van der Waals surface area contributed by atoms with Gasteiger partial charge < -0.3 is 10.4 Å². The summed E-state index contributed by atoms with van der Waals surface area (Å²) in [7, 11) is 0. The maximum absolute atomic E-state index is 11.7. The predicted octanol–water partition coefficient (Wildman–Crippen LogP) is 3.70. The number of phenolic OH excluding ortho intramolecular Hbond substituents is 1. The second-order valence-electron chi connectivity index (χ2n) is 3.92. The zero-order valence-electron chi connectivity index (χ0n) is 10.0. The van der Waals surface area contributed by atoms with E-state index in [4.69, 9.17) is 11.6 Å². The lowest BCUT2D eigenvalue weighted by Crippen LogP contribution is -2.07. The molecule has 1 amide bonds. The fraction of sp³-hybridized carbons (Fsp3) is 0. The number of carbonyl (C=O) groups excluding carboxylic acids is 1. The van der Waals surface area contributed by atoms with Gasteiger partial charge in [0.05, 0.1) is 0 Å². The first-order valence-corrected chi connectivity index (χ1v) is 6.05. The number of rotatable bonds is 3. The number of carbonyl (C=O) groups is 1. The van der Waals surface area contributed by atoms with Crippen molar-refractivity contribution in [2.75, 3.05) is 5.32 Å². The van der Waals surface area contributed by atoms with Gasteiger partial charge in [-0.15, -0.1) is 0 Å². The van der Waals surface area contributed by atoms with E-state index in [-0.39, 0.29) is 11.7 Å². The van der Waals surface area contributed by atoms with Gasteiger partial charge in [-0.2, -0.15) is 0 Å². The van der Waals surface area contributed by atoms with Crippen molar-refractivity contribution in [3.05, 3.63) is 65.2 Å². The number of halogens is 1. The Kier molecular flexibility index (Phi) is 4.21. The van der Waals surface area contributed by atoms with Gasteiger partial charge in [-0.25, -0.2) is 0 Å². The van der Waals surface area contributed by atoms with E-state index in [1.54, 1.807) is 36.4 Å². The van der Waals surface area contributed by atoms with E-state index in [2.05, 4.69) is 5.32 Å². The van der Waals surface area contributed by atoms with Crippen molar-refractivity contribution in [3.63, 3.8) is 0 Å². The number of phenols is 1. The van der Waals surface area contributed by atoms with E-state index in [9.17, 15) is 9.90 Å². The second kappa shape index (κ2) is 6.07. The van der Waals surface area contributed by atoms with Gasteiger partial charge in [-0.1, -0.05) is 29.8 Å². The highest BCUT2D eigenvalue weighted by Crippen LogP contribution is 2.15. The van der Waals surface area contributed by atoms with Crippen LogP contribution in [0.3, 0.4) is 0 Å². The summed E-state index contributed by atoms with van der Waals surface area (Å²) in [6.45, 7) is 0. The molecule has 96 valence electrons. The van der Waals surface area contributed by atoms with Crippen LogP contribution in [0.4, 0.5) is 5.69 Å². The quantitative estimate of drug-likeness (QED) is 0.838. The SMILES string of the molecule is O=C(C=Cc1ccc(Cl)cc1)Nc1cccc(O)c1. The van der Waals surface area contributed by atoms with Crippen LogP contribution >= 0.6 is 11.6 Å². The average molecular weight is 274 g/mol. The van der Waals surface area contributed by atoms with Crippen LogP contribution < -0.4 is 5.32 Å². The Labute approximate surface area is 116 Å². The first-order valence-electron chi connectivity index (χ1n) is 5.67. The lowest BCUT2D eigenvalue weighted by molar-refractivity contribution is -0.111. The smallest absolute Gasteiger partial charge is 0.248 e. The highest BCUT2D eigenvalue weighted by Gasteiger charge is 1.98. The average Bonchev–Trinajstić information content (AvgIpc) is 2.38. The number of amides is 1. The molecule has 0 atom stereocenters. The molecule has 0 unspecified atom stereocenters. The minimum absolute atomic E-state index is 0.111. The lowest BCUT2D eigenvalue weighted by atomic mass is 10.2. The van der Waals surface area contributed by atoms with Crippen LogP contribution in [0.5, 0.6) is 5.75 Å². The molecule has 19 heavy (non-hydrogen) atoms. The van der Waals surface area contributed by atoms with Gasteiger partial charge in [0, 0.05) is 22.9 Å². The Hall–Kier alpha value is -2.26. The third-order valence-corrected chi connectivity index (χ3v) is 2.66. The number of hydrogen-bond donors (Lipinski definition) is 2. The molecule has 0 heterocycles. The molecule has 0 saturated carbocycles. The zero-order chi connectivity index (χ0) is 13.7. The summed E-state index contributed by atoms with van der Waals surface area (Å²) in [6, 6.07) is 13.5. The van der Waals surface area contributed by atoms with Crippen molar-refractivity contribution in [2.45, 2.75) is 0 Å². The Balaban J connectivity index is 1.99. The molecule has 2 aromatic carbocycles. The van der Waals surface area contributed by atoms with E-state index < -0.39 is 0 Å². The van der Waals surface area contributed by atoms with Crippen molar-refractivity contribution in [1.82, 2.24) is 0 Å². The van der Waals surface area contributed by atoms with E-state index in [1.807, 2.05) is 12.1 Å². The third-order valence-electron chi connectivity index (χ3n) is 2.41. The van der Waals surface area contributed by atoms with Crippen LogP contribution in [0.2, 0.25) is 5.02 Å². The minimum Gasteiger partial charge on any atom is -0.508 e. The van der Waals surface area contributed by atoms with Crippen LogP contribution in [-0.2, 0) is 4.79 Å². The van der Waals surface area contributed by atoms with Crippen molar-refractivity contribution in [2.24, 2.45) is 0 Å². The number of benzene rings is 2. The molecule has 0 aliphatic heterocycles. The first-order chi connectivity index (χ1) is 9.13. The maximum Gasteiger partial charge on any atom is 0.248 e. The van der Waals surface area contributed by atoms with Gasteiger partial charge in [-0.05, 0) is 35.9 Å². The Morgan fingerprint density at radius 2 is 1.89 bits per heavy atom. The Bertz CT molecular complexity index is 606. The minimum atomic E-state index is -0.263. The summed E-state index contributed by atoms with van der Waals surface area (Å²) in [5.74, 6) is -0.153. The van der Waals surface area contributed by atoms with Gasteiger partial charge in [0.15, 0.2) is 0 Å². The molecule has 0 aromatic heterocycles. The van der Waals surface area contributed by atoms with Crippen molar-refractivity contribution < 1.29 is 9.90 Å². The number of hydrogen-bond acceptors (Lipinski definition) is 2. The van der Waals surface area contributed by atoms with Crippen LogP contribution in [-0.4, -0.2) is 11.0 Å². The first kappa shape index (κ1) is 13.2. The van der Waals surface area contributed by atoms with Crippen LogP contribution in [0.15, 0.2) is 54.6 Å². The summed E-state index contributed by atoms with van der Waals surface area (Å²) in [5, 5.41) is 12.6. The molecule has 2 aromatic rings. The van der Waals surface area contributed by atoms with E-state index >= 15 is 0 Å². The van der Waals surface area contributed by atoms with Gasteiger partial charge in [0.2, 0.25) is 5.91 Å². The van der Waals surface area contributed by atoms with Crippen molar-refractivity contribution in [3.8, 4) is 5.75 Å². The Morgan fingerprint density at radius 1 is 1.16 bits per heavy atom. The molecule has 0 spiro atoms. The summed E-state index contributed by atoms with van der Waals surface area (Å²) in [4.78, 5) is 11.7. The lowest BCUT2D eigenvalue weighted by Gasteiger charge is -2.02. The molecule has 0 aliphatic rings. The highest BCUT2D eigenvalue weighted by molar-refractivity contribution is 6.30. The van der Waals surface area contributed by atoms with E-state index in [0.29, 0.717) is 10.7 Å². The maximum atomic E-state index is 11.7. The van der Waals surface area contributed by atoms with Gasteiger partial charge in [-0.3, -0.25) is 4.79 Å². The summed E-state index contributed by atoms with van der Waals surface area (Å²) in [5.41, 5.74) is 1.43. The van der Waals surface area contributed by atoms with Crippen LogP contribution in [0.1, 0.15) is 5.56 Å². The molecule has 3 nitrogen and oxygen atoms in total. The molecule has 0 fully saturated rings. The molecule has 0 saturated heterocycles. The van der Waals surface area contributed by atoms with Gasteiger partial charge in [0.1, 0.15) is 5.75 Å². The summed E-state index contributed by atoms with van der Waals surface area (Å²) >= 11 is 5.77. The van der Waals surface area contributed by atoms with Gasteiger partial charge >= 0.3 is 0 Å². The van der Waals surface area contributed by atoms with Crippen molar-refractivity contribution in [1.29, 1.82) is 0 Å². The fourth-order valence-corrected chi connectivity index (χ4v) is 1.64. The molecule has 2 rings (SSSR count). The number of anilines is 1. The largest absolute Gasteiger partial charge is 0.508 e.